The highest BCUT2D eigenvalue weighted by Gasteiger charge is 2.23. The third-order valence-electron chi connectivity index (χ3n) is 5.20. The number of benzene rings is 1. The highest BCUT2D eigenvalue weighted by atomic mass is 32.2. The van der Waals surface area contributed by atoms with Crippen LogP contribution in [0.15, 0.2) is 76.4 Å². The SMILES string of the molecule is O=C(c1ccc(S(=O)(=O)NCc2ccco2)cc1)N1CCN(Cc2ccccn2)CC1. The Morgan fingerprint density at radius 2 is 1.77 bits per heavy atom. The first-order valence-corrected chi connectivity index (χ1v) is 11.5. The molecule has 1 aliphatic heterocycles. The summed E-state index contributed by atoms with van der Waals surface area (Å²) in [4.78, 5) is 21.3. The van der Waals surface area contributed by atoms with E-state index in [1.165, 1.54) is 18.4 Å². The fourth-order valence-corrected chi connectivity index (χ4v) is 4.45. The number of carbonyl (C=O) groups excluding carboxylic acids is 1. The lowest BCUT2D eigenvalue weighted by Crippen LogP contribution is -2.48. The van der Waals surface area contributed by atoms with Crippen LogP contribution < -0.4 is 4.72 Å². The van der Waals surface area contributed by atoms with E-state index in [-0.39, 0.29) is 17.3 Å². The Morgan fingerprint density at radius 3 is 2.42 bits per heavy atom. The molecule has 1 aliphatic rings. The van der Waals surface area contributed by atoms with Gasteiger partial charge in [-0.2, -0.15) is 0 Å². The zero-order chi connectivity index (χ0) is 21.7. The second-order valence-corrected chi connectivity index (χ2v) is 9.08. The standard InChI is InChI=1S/C22H24N4O4S/c27-22(26-13-11-25(12-14-26)17-19-4-1-2-10-23-19)18-6-8-21(9-7-18)31(28,29)24-16-20-5-3-15-30-20/h1-10,15,24H,11-14,16-17H2. The van der Waals surface area contributed by atoms with Crippen molar-refractivity contribution in [1.82, 2.24) is 19.5 Å². The minimum absolute atomic E-state index is 0.0682. The van der Waals surface area contributed by atoms with Crippen LogP contribution in [0.1, 0.15) is 21.8 Å². The van der Waals surface area contributed by atoms with Gasteiger partial charge in [0.2, 0.25) is 10.0 Å². The molecule has 0 spiro atoms. The summed E-state index contributed by atoms with van der Waals surface area (Å²) in [6.07, 6.45) is 3.27. The maximum Gasteiger partial charge on any atom is 0.253 e. The topological polar surface area (TPSA) is 95.7 Å². The summed E-state index contributed by atoms with van der Waals surface area (Å²) in [6.45, 7) is 3.61. The Morgan fingerprint density at radius 1 is 1.00 bits per heavy atom. The molecule has 0 unspecified atom stereocenters. The van der Waals surface area contributed by atoms with E-state index in [4.69, 9.17) is 4.42 Å². The molecule has 1 N–H and O–H groups in total. The van der Waals surface area contributed by atoms with Gasteiger partial charge in [-0.15, -0.1) is 0 Å². The van der Waals surface area contributed by atoms with Gasteiger partial charge in [0, 0.05) is 44.5 Å². The van der Waals surface area contributed by atoms with E-state index in [0.717, 1.165) is 25.3 Å². The van der Waals surface area contributed by atoms with Crippen molar-refractivity contribution in [3.8, 4) is 0 Å². The molecule has 3 aromatic rings. The molecule has 3 heterocycles. The summed E-state index contributed by atoms with van der Waals surface area (Å²) in [5.74, 6) is 0.433. The summed E-state index contributed by atoms with van der Waals surface area (Å²) in [5.41, 5.74) is 1.49. The van der Waals surface area contributed by atoms with Gasteiger partial charge in [0.05, 0.1) is 23.4 Å². The number of hydrogen-bond donors (Lipinski definition) is 1. The summed E-state index contributed by atoms with van der Waals surface area (Å²) in [5, 5.41) is 0. The van der Waals surface area contributed by atoms with Gasteiger partial charge in [-0.3, -0.25) is 14.7 Å². The molecule has 31 heavy (non-hydrogen) atoms. The van der Waals surface area contributed by atoms with Crippen molar-refractivity contribution >= 4 is 15.9 Å². The second-order valence-electron chi connectivity index (χ2n) is 7.32. The first-order chi connectivity index (χ1) is 15.0. The number of amides is 1. The zero-order valence-corrected chi connectivity index (χ0v) is 17.8. The summed E-state index contributed by atoms with van der Waals surface area (Å²) < 4.78 is 32.5. The molecular weight excluding hydrogens is 416 g/mol. The quantitative estimate of drug-likeness (QED) is 0.605. The van der Waals surface area contributed by atoms with E-state index >= 15 is 0 Å². The van der Waals surface area contributed by atoms with E-state index in [0.29, 0.717) is 24.4 Å². The van der Waals surface area contributed by atoms with Crippen LogP contribution >= 0.6 is 0 Å². The van der Waals surface area contributed by atoms with Gasteiger partial charge < -0.3 is 9.32 Å². The molecule has 9 heteroatoms. The first kappa shape index (κ1) is 21.2. The van der Waals surface area contributed by atoms with E-state index in [9.17, 15) is 13.2 Å². The lowest BCUT2D eigenvalue weighted by Gasteiger charge is -2.34. The van der Waals surface area contributed by atoms with Crippen molar-refractivity contribution in [2.45, 2.75) is 18.0 Å². The molecular formula is C22H24N4O4S. The molecule has 0 saturated carbocycles. The molecule has 1 aromatic carbocycles. The third-order valence-corrected chi connectivity index (χ3v) is 6.62. The Labute approximate surface area is 181 Å². The molecule has 1 saturated heterocycles. The summed E-state index contributed by atoms with van der Waals surface area (Å²) >= 11 is 0. The van der Waals surface area contributed by atoms with Crippen LogP contribution in [0.5, 0.6) is 0 Å². The van der Waals surface area contributed by atoms with Gasteiger partial charge in [-0.1, -0.05) is 6.07 Å². The number of pyridine rings is 1. The third kappa shape index (κ3) is 5.38. The van der Waals surface area contributed by atoms with Gasteiger partial charge in [0.15, 0.2) is 0 Å². The summed E-state index contributed by atoms with van der Waals surface area (Å²) in [6, 6.07) is 15.3. The van der Waals surface area contributed by atoms with Crippen LogP contribution in [0.4, 0.5) is 0 Å². The number of nitrogens with zero attached hydrogens (tertiary/aromatic N) is 3. The van der Waals surface area contributed by atoms with E-state index in [1.807, 2.05) is 18.2 Å². The fourth-order valence-electron chi connectivity index (χ4n) is 3.45. The number of hydrogen-bond acceptors (Lipinski definition) is 6. The van der Waals surface area contributed by atoms with Crippen LogP contribution in [-0.2, 0) is 23.1 Å². The Hall–Kier alpha value is -3.01. The van der Waals surface area contributed by atoms with E-state index in [2.05, 4.69) is 14.6 Å². The van der Waals surface area contributed by atoms with Crippen LogP contribution in [0.3, 0.4) is 0 Å². The van der Waals surface area contributed by atoms with Gasteiger partial charge >= 0.3 is 0 Å². The highest BCUT2D eigenvalue weighted by molar-refractivity contribution is 7.89. The molecule has 1 fully saturated rings. The number of sulfonamides is 1. The van der Waals surface area contributed by atoms with Crippen molar-refractivity contribution in [3.05, 3.63) is 84.1 Å². The maximum absolute atomic E-state index is 12.8. The number of aromatic nitrogens is 1. The summed E-state index contributed by atoms with van der Waals surface area (Å²) in [7, 11) is -3.69. The first-order valence-electron chi connectivity index (χ1n) is 10.0. The Balaban J connectivity index is 1.32. The minimum Gasteiger partial charge on any atom is -0.468 e. The number of piperazine rings is 1. The molecule has 0 aliphatic carbocycles. The molecule has 8 nitrogen and oxygen atoms in total. The fraction of sp³-hybridized carbons (Fsp3) is 0.273. The van der Waals surface area contributed by atoms with Crippen LogP contribution in [0, 0.1) is 0 Å². The van der Waals surface area contributed by atoms with Crippen molar-refractivity contribution in [2.24, 2.45) is 0 Å². The molecule has 0 atom stereocenters. The van der Waals surface area contributed by atoms with Crippen LogP contribution in [0.2, 0.25) is 0 Å². The Kier molecular flexibility index (Phi) is 6.45. The largest absolute Gasteiger partial charge is 0.468 e. The average Bonchev–Trinajstić information content (AvgIpc) is 3.33. The van der Waals surface area contributed by atoms with Crippen LogP contribution in [0.25, 0.3) is 0 Å². The monoisotopic (exact) mass is 440 g/mol. The lowest BCUT2D eigenvalue weighted by molar-refractivity contribution is 0.0627. The normalized spacial score (nSPS) is 15.2. The second kappa shape index (κ2) is 9.42. The number of nitrogens with one attached hydrogen (secondary N) is 1. The van der Waals surface area contributed by atoms with Crippen molar-refractivity contribution in [2.75, 3.05) is 26.2 Å². The Bertz CT molecular complexity index is 1090. The average molecular weight is 441 g/mol. The van der Waals surface area contributed by atoms with Gasteiger partial charge in [0.25, 0.3) is 5.91 Å². The van der Waals surface area contributed by atoms with E-state index < -0.39 is 10.0 Å². The molecule has 0 bridgehead atoms. The van der Waals surface area contributed by atoms with Gasteiger partial charge in [-0.25, -0.2) is 13.1 Å². The molecule has 0 radical (unpaired) electrons. The number of rotatable bonds is 7. The van der Waals surface area contributed by atoms with E-state index in [1.54, 1.807) is 35.4 Å². The number of furan rings is 1. The van der Waals surface area contributed by atoms with Crippen LogP contribution in [-0.4, -0.2) is 55.3 Å². The van der Waals surface area contributed by atoms with Gasteiger partial charge in [0.1, 0.15) is 5.76 Å². The highest BCUT2D eigenvalue weighted by Crippen LogP contribution is 2.15. The van der Waals surface area contributed by atoms with Crippen molar-refractivity contribution in [3.63, 3.8) is 0 Å². The maximum atomic E-state index is 12.8. The molecule has 1 amide bonds. The predicted molar refractivity (Wildman–Crippen MR) is 115 cm³/mol. The molecule has 162 valence electrons. The smallest absolute Gasteiger partial charge is 0.253 e. The number of carbonyl (C=O) groups is 1. The van der Waals surface area contributed by atoms with Crippen molar-refractivity contribution in [1.29, 1.82) is 0 Å². The van der Waals surface area contributed by atoms with Gasteiger partial charge in [-0.05, 0) is 48.5 Å². The van der Waals surface area contributed by atoms with Crippen molar-refractivity contribution < 1.29 is 17.6 Å². The minimum atomic E-state index is -3.69. The predicted octanol–water partition coefficient (Wildman–Crippen LogP) is 2.11. The lowest BCUT2D eigenvalue weighted by atomic mass is 10.2. The molecule has 2 aromatic heterocycles. The molecule has 4 rings (SSSR count). The zero-order valence-electron chi connectivity index (χ0n) is 17.0.